The second kappa shape index (κ2) is 17.6. The average Bonchev–Trinajstić information content (AvgIpc) is 2.67. The Hall–Kier alpha value is -2.02. The van der Waals surface area contributed by atoms with Crippen LogP contribution in [0.2, 0.25) is 0 Å². The van der Waals surface area contributed by atoms with Gasteiger partial charge >= 0.3 is 5.97 Å². The van der Waals surface area contributed by atoms with E-state index in [4.69, 9.17) is 0 Å². The summed E-state index contributed by atoms with van der Waals surface area (Å²) in [7, 11) is 0. The Morgan fingerprint density at radius 3 is 2.10 bits per heavy atom. The van der Waals surface area contributed by atoms with Gasteiger partial charge in [-0.25, -0.2) is 4.79 Å². The predicted molar refractivity (Wildman–Crippen MR) is 130 cm³/mol. The van der Waals surface area contributed by atoms with Crippen LogP contribution in [0.25, 0.3) is 0 Å². The fraction of sp³-hybridized carbons (Fsp3) is 0.625. The lowest BCUT2D eigenvalue weighted by Crippen LogP contribution is -2.42. The summed E-state index contributed by atoms with van der Waals surface area (Å²) < 4.78 is 0. The van der Waals surface area contributed by atoms with E-state index < -0.39 is 12.0 Å². The molecular formula is C24H40N2O4S. The maximum Gasteiger partial charge on any atom is 0.327 e. The summed E-state index contributed by atoms with van der Waals surface area (Å²) in [4.78, 5) is 34.1. The Morgan fingerprint density at radius 2 is 1.52 bits per heavy atom. The summed E-state index contributed by atoms with van der Waals surface area (Å²) in [5, 5.41) is 14.5. The van der Waals surface area contributed by atoms with Gasteiger partial charge in [0.05, 0.1) is 0 Å². The Balaban J connectivity index is 4.17. The Kier molecular flexibility index (Phi) is 16.5. The molecule has 0 rings (SSSR count). The summed E-state index contributed by atoms with van der Waals surface area (Å²) in [6, 6.07) is -0.904. The van der Waals surface area contributed by atoms with E-state index in [1.807, 2.05) is 0 Å². The molecule has 0 aromatic carbocycles. The molecule has 6 nitrogen and oxygen atoms in total. The second-order valence-corrected chi connectivity index (χ2v) is 9.12. The Labute approximate surface area is 192 Å². The van der Waals surface area contributed by atoms with Crippen molar-refractivity contribution in [2.24, 2.45) is 0 Å². The van der Waals surface area contributed by atoms with Crippen molar-refractivity contribution in [3.63, 3.8) is 0 Å². The van der Waals surface area contributed by atoms with Gasteiger partial charge in [0.1, 0.15) is 6.04 Å². The number of aliphatic carboxylic acids is 1. The van der Waals surface area contributed by atoms with Crippen LogP contribution in [0.1, 0.15) is 73.1 Å². The number of allylic oxidation sites excluding steroid dienone is 5. The Morgan fingerprint density at radius 1 is 0.903 bits per heavy atom. The highest BCUT2D eigenvalue weighted by Crippen LogP contribution is 2.13. The zero-order chi connectivity index (χ0) is 23.6. The smallest absolute Gasteiger partial charge is 0.327 e. The summed E-state index contributed by atoms with van der Waals surface area (Å²) >= 11 is 1.49. The van der Waals surface area contributed by atoms with Crippen LogP contribution in [-0.4, -0.2) is 47.0 Å². The number of hydrogen-bond acceptors (Lipinski definition) is 4. The maximum atomic E-state index is 11.9. The fourth-order valence-electron chi connectivity index (χ4n) is 2.68. The van der Waals surface area contributed by atoms with Gasteiger partial charge in [-0.1, -0.05) is 34.9 Å². The lowest BCUT2D eigenvalue weighted by molar-refractivity contribution is -0.141. The van der Waals surface area contributed by atoms with Gasteiger partial charge in [-0.15, -0.1) is 0 Å². The second-order valence-electron chi connectivity index (χ2n) is 8.04. The third kappa shape index (κ3) is 18.5. The molecule has 1 unspecified atom stereocenters. The van der Waals surface area contributed by atoms with Crippen LogP contribution in [-0.2, 0) is 14.4 Å². The van der Waals surface area contributed by atoms with E-state index in [0.717, 1.165) is 31.4 Å². The highest BCUT2D eigenvalue weighted by atomic mass is 32.2. The number of hydrogen-bond donors (Lipinski definition) is 3. The normalized spacial score (nSPS) is 12.8. The van der Waals surface area contributed by atoms with Gasteiger partial charge in [0, 0.05) is 31.4 Å². The van der Waals surface area contributed by atoms with Gasteiger partial charge in [0.15, 0.2) is 0 Å². The molecule has 0 aliphatic heterocycles. The molecule has 0 aliphatic rings. The molecule has 1 atom stereocenters. The van der Waals surface area contributed by atoms with Crippen LogP contribution in [0.3, 0.4) is 0 Å². The number of carboxylic acid groups (broad SMARTS) is 1. The molecule has 7 heteroatoms. The minimum absolute atomic E-state index is 0.144. The van der Waals surface area contributed by atoms with Crippen LogP contribution < -0.4 is 10.6 Å². The van der Waals surface area contributed by atoms with Crippen LogP contribution in [0.15, 0.2) is 34.9 Å². The third-order valence-corrected chi connectivity index (χ3v) is 5.52. The maximum absolute atomic E-state index is 11.9. The van der Waals surface area contributed by atoms with Gasteiger partial charge in [0.2, 0.25) is 11.8 Å². The van der Waals surface area contributed by atoms with Crippen molar-refractivity contribution in [1.29, 1.82) is 0 Å². The standard InChI is InChI=1S/C24H40N2O4S/c1-18(2)9-6-10-19(3)11-7-12-20(4)14-16-31-17-22(24(29)30)26-23(28)13-8-15-25-21(5)27/h9,11,14,22H,6-8,10,12-13,15-17H2,1-5H3,(H,25,27)(H,26,28)(H,29,30). The first kappa shape index (κ1) is 29.0. The zero-order valence-corrected chi connectivity index (χ0v) is 20.6. The van der Waals surface area contributed by atoms with Crippen molar-refractivity contribution in [1.82, 2.24) is 10.6 Å². The van der Waals surface area contributed by atoms with Crippen LogP contribution in [0, 0.1) is 0 Å². The topological polar surface area (TPSA) is 95.5 Å². The molecular weight excluding hydrogens is 412 g/mol. The number of carbonyl (C=O) groups excluding carboxylic acids is 2. The number of rotatable bonds is 16. The van der Waals surface area contributed by atoms with Gasteiger partial charge in [-0.05, 0) is 59.8 Å². The fourth-order valence-corrected chi connectivity index (χ4v) is 3.68. The average molecular weight is 453 g/mol. The SMILES string of the molecule is CC(=O)NCCCC(=O)NC(CSCC=C(C)CCC=C(C)CCC=C(C)C)C(=O)O. The van der Waals surface area contributed by atoms with E-state index in [1.54, 1.807) is 0 Å². The molecule has 0 fully saturated rings. The minimum atomic E-state index is -1.03. The van der Waals surface area contributed by atoms with Crippen LogP contribution in [0.4, 0.5) is 0 Å². The summed E-state index contributed by atoms with van der Waals surface area (Å²) in [5.41, 5.74) is 4.06. The van der Waals surface area contributed by atoms with Crippen molar-refractivity contribution < 1.29 is 19.5 Å². The molecule has 0 aliphatic carbocycles. The van der Waals surface area contributed by atoms with Crippen molar-refractivity contribution in [2.75, 3.05) is 18.1 Å². The number of carboxylic acids is 1. The molecule has 31 heavy (non-hydrogen) atoms. The number of thioether (sulfide) groups is 1. The number of carbonyl (C=O) groups is 3. The van der Waals surface area contributed by atoms with E-state index in [0.29, 0.717) is 18.7 Å². The molecule has 0 bridgehead atoms. The molecule has 0 saturated carbocycles. The van der Waals surface area contributed by atoms with Gasteiger partial charge in [-0.3, -0.25) is 9.59 Å². The minimum Gasteiger partial charge on any atom is -0.480 e. The quantitative estimate of drug-likeness (QED) is 0.234. The van der Waals surface area contributed by atoms with Crippen LogP contribution >= 0.6 is 11.8 Å². The molecule has 0 heterocycles. The first-order chi connectivity index (χ1) is 14.6. The molecule has 0 radical (unpaired) electrons. The van der Waals surface area contributed by atoms with E-state index in [2.05, 4.69) is 56.6 Å². The summed E-state index contributed by atoms with van der Waals surface area (Å²) in [6.07, 6.45) is 11.6. The molecule has 2 amide bonds. The van der Waals surface area contributed by atoms with Gasteiger partial charge < -0.3 is 15.7 Å². The lowest BCUT2D eigenvalue weighted by Gasteiger charge is -2.14. The van der Waals surface area contributed by atoms with Gasteiger partial charge in [-0.2, -0.15) is 11.8 Å². The molecule has 0 aromatic rings. The monoisotopic (exact) mass is 452 g/mol. The first-order valence-electron chi connectivity index (χ1n) is 10.9. The van der Waals surface area contributed by atoms with Gasteiger partial charge in [0.25, 0.3) is 0 Å². The van der Waals surface area contributed by atoms with E-state index in [-0.39, 0.29) is 18.2 Å². The third-order valence-electron chi connectivity index (χ3n) is 4.54. The highest BCUT2D eigenvalue weighted by molar-refractivity contribution is 7.99. The number of nitrogens with one attached hydrogen (secondary N) is 2. The number of amides is 2. The summed E-state index contributed by atoms with van der Waals surface area (Å²) in [5.74, 6) is -0.444. The molecule has 0 saturated heterocycles. The van der Waals surface area contributed by atoms with E-state index in [1.165, 1.54) is 35.4 Å². The largest absolute Gasteiger partial charge is 0.480 e. The zero-order valence-electron chi connectivity index (χ0n) is 19.8. The first-order valence-corrected chi connectivity index (χ1v) is 12.1. The van der Waals surface area contributed by atoms with Crippen molar-refractivity contribution >= 4 is 29.5 Å². The van der Waals surface area contributed by atoms with Crippen molar-refractivity contribution in [2.45, 2.75) is 79.2 Å². The van der Waals surface area contributed by atoms with Crippen molar-refractivity contribution in [3.05, 3.63) is 34.9 Å². The Bertz CT molecular complexity index is 664. The predicted octanol–water partition coefficient (Wildman–Crippen LogP) is 4.62. The highest BCUT2D eigenvalue weighted by Gasteiger charge is 2.19. The van der Waals surface area contributed by atoms with Crippen LogP contribution in [0.5, 0.6) is 0 Å². The molecule has 0 aromatic heterocycles. The van der Waals surface area contributed by atoms with E-state index >= 15 is 0 Å². The molecule has 3 N–H and O–H groups in total. The molecule has 0 spiro atoms. The lowest BCUT2D eigenvalue weighted by atomic mass is 10.1. The summed E-state index contributed by atoms with van der Waals surface area (Å²) in [6.45, 7) is 10.3. The van der Waals surface area contributed by atoms with Crippen molar-refractivity contribution in [3.8, 4) is 0 Å². The molecule has 176 valence electrons. The van der Waals surface area contributed by atoms with E-state index in [9.17, 15) is 19.5 Å².